The second-order valence-corrected chi connectivity index (χ2v) is 7.03. The highest BCUT2D eigenvalue weighted by atomic mass is 16.7. The van der Waals surface area contributed by atoms with Gasteiger partial charge in [-0.05, 0) is 33.8 Å². The lowest BCUT2D eigenvalue weighted by molar-refractivity contribution is 0.00578. The van der Waals surface area contributed by atoms with Crippen molar-refractivity contribution < 1.29 is 28.3 Å². The highest BCUT2D eigenvalue weighted by molar-refractivity contribution is 6.63. The van der Waals surface area contributed by atoms with Crippen molar-refractivity contribution in [2.45, 2.75) is 45.3 Å². The number of hydrogen-bond donors (Lipinski definition) is 0. The third kappa shape index (κ3) is 2.47. The van der Waals surface area contributed by atoms with Gasteiger partial charge in [-0.2, -0.15) is 0 Å². The van der Waals surface area contributed by atoms with Crippen LogP contribution in [0.15, 0.2) is 6.07 Å². The molecule has 24 heavy (non-hydrogen) atoms. The lowest BCUT2D eigenvalue weighted by atomic mass is 9.76. The van der Waals surface area contributed by atoms with E-state index >= 15 is 0 Å². The number of hydrogen-bond acceptors (Lipinski definition) is 6. The van der Waals surface area contributed by atoms with Crippen molar-refractivity contribution in [1.29, 1.82) is 0 Å². The molecule has 0 aliphatic carbocycles. The van der Waals surface area contributed by atoms with Crippen LogP contribution in [-0.4, -0.2) is 45.1 Å². The van der Waals surface area contributed by atoms with Crippen LogP contribution < -0.4 is 14.9 Å². The molecule has 1 saturated heterocycles. The second-order valence-electron chi connectivity index (χ2n) is 7.03. The maximum atomic E-state index is 12.2. The Balaban J connectivity index is 2.13. The van der Waals surface area contributed by atoms with Gasteiger partial charge >= 0.3 is 13.1 Å². The van der Waals surface area contributed by atoms with Crippen LogP contribution in [0, 0.1) is 0 Å². The van der Waals surface area contributed by atoms with Crippen LogP contribution in [0.4, 0.5) is 0 Å². The molecule has 1 aromatic rings. The Morgan fingerprint density at radius 3 is 2.33 bits per heavy atom. The van der Waals surface area contributed by atoms with Crippen LogP contribution in [-0.2, 0) is 20.5 Å². The van der Waals surface area contributed by atoms with Gasteiger partial charge in [0.05, 0.1) is 32.0 Å². The highest BCUT2D eigenvalue weighted by Gasteiger charge is 2.53. The van der Waals surface area contributed by atoms with E-state index in [1.807, 2.05) is 27.7 Å². The number of benzene rings is 1. The van der Waals surface area contributed by atoms with Crippen molar-refractivity contribution in [2.75, 3.05) is 20.8 Å². The monoisotopic (exact) mass is 334 g/mol. The zero-order valence-corrected chi connectivity index (χ0v) is 15.0. The Hall–Kier alpha value is -1.73. The molecule has 6 nitrogen and oxygen atoms in total. The van der Waals surface area contributed by atoms with Crippen molar-refractivity contribution in [3.63, 3.8) is 0 Å². The Bertz CT molecular complexity index is 666. The van der Waals surface area contributed by atoms with Crippen LogP contribution in [0.3, 0.4) is 0 Å². The minimum absolute atomic E-state index is 0.356. The molecule has 0 radical (unpaired) electrons. The van der Waals surface area contributed by atoms with Crippen LogP contribution in [0.25, 0.3) is 0 Å². The molecule has 2 heterocycles. The molecule has 2 aliphatic rings. The first-order chi connectivity index (χ1) is 11.2. The van der Waals surface area contributed by atoms with E-state index in [1.54, 1.807) is 6.07 Å². The molecule has 0 atom stereocenters. The smallest absolute Gasteiger partial charge is 0.495 e. The third-order valence-corrected chi connectivity index (χ3v) is 5.07. The Morgan fingerprint density at radius 1 is 1.17 bits per heavy atom. The minimum atomic E-state index is -0.615. The lowest BCUT2D eigenvalue weighted by Gasteiger charge is -2.32. The Kier molecular flexibility index (Phi) is 4.04. The summed E-state index contributed by atoms with van der Waals surface area (Å²) >= 11 is 0. The number of fused-ring (bicyclic) bond motifs is 1. The van der Waals surface area contributed by atoms with E-state index in [1.165, 1.54) is 14.2 Å². The molecule has 0 unspecified atom stereocenters. The number of methoxy groups -OCH3 is 2. The van der Waals surface area contributed by atoms with Crippen molar-refractivity contribution in [3.05, 3.63) is 17.2 Å². The fourth-order valence-corrected chi connectivity index (χ4v) is 3.02. The Labute approximate surface area is 142 Å². The van der Waals surface area contributed by atoms with E-state index in [2.05, 4.69) is 0 Å². The number of carbonyl (C=O) groups excluding carboxylic acids is 1. The average Bonchev–Trinajstić information content (AvgIpc) is 3.07. The maximum absolute atomic E-state index is 12.2. The van der Waals surface area contributed by atoms with E-state index in [0.717, 1.165) is 5.56 Å². The molecular weight excluding hydrogens is 311 g/mol. The third-order valence-electron chi connectivity index (χ3n) is 5.07. The average molecular weight is 334 g/mol. The number of rotatable bonds is 3. The van der Waals surface area contributed by atoms with Gasteiger partial charge in [0.2, 0.25) is 0 Å². The summed E-state index contributed by atoms with van der Waals surface area (Å²) in [6.45, 7) is 8.47. The quantitative estimate of drug-likeness (QED) is 0.620. The molecule has 7 heteroatoms. The van der Waals surface area contributed by atoms with Gasteiger partial charge in [0.25, 0.3) is 0 Å². The molecule has 2 aliphatic heterocycles. The molecule has 0 saturated carbocycles. The van der Waals surface area contributed by atoms with Gasteiger partial charge in [0, 0.05) is 17.4 Å². The molecule has 0 N–H and O–H groups in total. The first-order valence-corrected chi connectivity index (χ1v) is 8.02. The van der Waals surface area contributed by atoms with Gasteiger partial charge in [-0.15, -0.1) is 0 Å². The van der Waals surface area contributed by atoms with Gasteiger partial charge < -0.3 is 23.5 Å². The van der Waals surface area contributed by atoms with E-state index < -0.39 is 24.3 Å². The van der Waals surface area contributed by atoms with Crippen molar-refractivity contribution in [1.82, 2.24) is 0 Å². The summed E-state index contributed by atoms with van der Waals surface area (Å²) in [6.07, 6.45) is 0.663. The van der Waals surface area contributed by atoms with E-state index in [0.29, 0.717) is 35.6 Å². The first-order valence-electron chi connectivity index (χ1n) is 8.02. The lowest BCUT2D eigenvalue weighted by Crippen LogP contribution is -2.41. The van der Waals surface area contributed by atoms with Crippen molar-refractivity contribution >= 4 is 18.6 Å². The van der Waals surface area contributed by atoms with Gasteiger partial charge in [0.15, 0.2) is 0 Å². The highest BCUT2D eigenvalue weighted by Crippen LogP contribution is 2.40. The van der Waals surface area contributed by atoms with Gasteiger partial charge in [-0.25, -0.2) is 4.79 Å². The zero-order chi connectivity index (χ0) is 17.7. The topological polar surface area (TPSA) is 63.2 Å². The number of esters is 1. The fourth-order valence-electron chi connectivity index (χ4n) is 3.02. The summed E-state index contributed by atoms with van der Waals surface area (Å²) in [4.78, 5) is 12.2. The normalized spacial score (nSPS) is 20.5. The summed E-state index contributed by atoms with van der Waals surface area (Å²) < 4.78 is 28.4. The molecule has 0 aromatic heterocycles. The predicted molar refractivity (Wildman–Crippen MR) is 89.2 cm³/mol. The number of carbonyl (C=O) groups is 1. The van der Waals surface area contributed by atoms with Gasteiger partial charge in [-0.1, -0.05) is 0 Å². The molecular formula is C17H23BO6. The summed E-state index contributed by atoms with van der Waals surface area (Å²) in [5, 5.41) is 0. The maximum Gasteiger partial charge on any atom is 0.498 e. The zero-order valence-electron chi connectivity index (χ0n) is 15.0. The molecule has 3 rings (SSSR count). The first kappa shape index (κ1) is 17.1. The van der Waals surface area contributed by atoms with Gasteiger partial charge in [0.1, 0.15) is 17.1 Å². The SMILES string of the molecule is COC(=O)c1cc(B2OC(C)(C)C(C)(C)O2)c2c(c1OC)CCO2. The van der Waals surface area contributed by atoms with Crippen LogP contribution in [0.5, 0.6) is 11.5 Å². The van der Waals surface area contributed by atoms with E-state index in [9.17, 15) is 4.79 Å². The van der Waals surface area contributed by atoms with E-state index in [4.69, 9.17) is 23.5 Å². The van der Waals surface area contributed by atoms with Gasteiger partial charge in [-0.3, -0.25) is 0 Å². The van der Waals surface area contributed by atoms with E-state index in [-0.39, 0.29) is 0 Å². The van der Waals surface area contributed by atoms with Crippen molar-refractivity contribution in [3.8, 4) is 11.5 Å². The summed E-state index contributed by atoms with van der Waals surface area (Å²) in [7, 11) is 2.27. The van der Waals surface area contributed by atoms with Crippen LogP contribution in [0.2, 0.25) is 0 Å². The predicted octanol–water partition coefficient (Wildman–Crippen LogP) is 1.72. The fraction of sp³-hybridized carbons (Fsp3) is 0.588. The molecule has 1 fully saturated rings. The second kappa shape index (κ2) is 5.67. The molecule has 0 bridgehead atoms. The minimum Gasteiger partial charge on any atom is -0.495 e. The Morgan fingerprint density at radius 2 is 1.79 bits per heavy atom. The number of ether oxygens (including phenoxy) is 3. The summed E-state index contributed by atoms with van der Waals surface area (Å²) in [5.74, 6) is 0.715. The van der Waals surface area contributed by atoms with Crippen molar-refractivity contribution in [2.24, 2.45) is 0 Å². The molecule has 130 valence electrons. The summed E-state index contributed by atoms with van der Waals surface area (Å²) in [6, 6.07) is 1.69. The van der Waals surface area contributed by atoms with Crippen LogP contribution >= 0.6 is 0 Å². The molecule has 1 aromatic carbocycles. The molecule has 0 spiro atoms. The van der Waals surface area contributed by atoms with Crippen LogP contribution in [0.1, 0.15) is 43.6 Å². The summed E-state index contributed by atoms with van der Waals surface area (Å²) in [5.41, 5.74) is 0.949. The largest absolute Gasteiger partial charge is 0.498 e. The standard InChI is InChI=1S/C17H23BO6/c1-16(2)17(3,4)24-18(23-16)12-9-11(15(19)21-6)13(20-5)10-7-8-22-14(10)12/h9H,7-8H2,1-6H3. The molecule has 0 amide bonds.